The van der Waals surface area contributed by atoms with E-state index in [-0.39, 0.29) is 5.57 Å². The highest BCUT2D eigenvalue weighted by atomic mass is 32.1. The zero-order valence-electron chi connectivity index (χ0n) is 12.6. The first-order chi connectivity index (χ1) is 11.8. The van der Waals surface area contributed by atoms with Crippen LogP contribution in [0.15, 0.2) is 58.8 Å². The second-order valence-electron chi connectivity index (χ2n) is 4.89. The van der Waals surface area contributed by atoms with Gasteiger partial charge in [0.15, 0.2) is 0 Å². The lowest BCUT2D eigenvalue weighted by Crippen LogP contribution is -2.23. The number of nitrogens with zero attached hydrogens (tertiary/aromatic N) is 2. The zero-order valence-corrected chi connectivity index (χ0v) is 14.2. The number of carbonyl (C=O) groups is 1. The molecule has 0 saturated heterocycles. The third-order valence-electron chi connectivity index (χ3n) is 3.21. The predicted molar refractivity (Wildman–Crippen MR) is 97.3 cm³/mol. The molecule has 2 aromatic heterocycles. The van der Waals surface area contributed by atoms with Crippen LogP contribution in [0.3, 0.4) is 0 Å². The molecule has 0 atom stereocenters. The number of nitriles is 1. The van der Waals surface area contributed by atoms with Gasteiger partial charge in [-0.3, -0.25) is 4.79 Å². The topological polar surface area (TPSA) is 65.8 Å². The second kappa shape index (κ2) is 7.68. The van der Waals surface area contributed by atoms with E-state index in [4.69, 9.17) is 0 Å². The van der Waals surface area contributed by atoms with Crippen LogP contribution in [0.1, 0.15) is 11.3 Å². The van der Waals surface area contributed by atoms with Gasteiger partial charge in [0.2, 0.25) is 0 Å². The zero-order chi connectivity index (χ0) is 16.8. The van der Waals surface area contributed by atoms with E-state index in [2.05, 4.69) is 10.3 Å². The third kappa shape index (κ3) is 3.96. The van der Waals surface area contributed by atoms with Crippen molar-refractivity contribution in [3.8, 4) is 16.0 Å². The van der Waals surface area contributed by atoms with E-state index in [1.807, 2.05) is 59.3 Å². The molecule has 0 fully saturated rings. The molecule has 1 amide bonds. The van der Waals surface area contributed by atoms with Gasteiger partial charge < -0.3 is 5.32 Å². The van der Waals surface area contributed by atoms with Crippen molar-refractivity contribution in [2.24, 2.45) is 0 Å². The van der Waals surface area contributed by atoms with Crippen LogP contribution in [0.2, 0.25) is 0 Å². The van der Waals surface area contributed by atoms with Crippen molar-refractivity contribution >= 4 is 34.7 Å². The number of hydrogen-bond acceptors (Lipinski definition) is 5. The summed E-state index contributed by atoms with van der Waals surface area (Å²) >= 11 is 3.10. The van der Waals surface area contributed by atoms with Gasteiger partial charge in [-0.15, -0.1) is 22.7 Å². The molecule has 0 bridgehead atoms. The fourth-order valence-electron chi connectivity index (χ4n) is 2.04. The molecule has 1 N–H and O–H groups in total. The SMILES string of the molecule is N#C/C(=C/c1csc(-c2cccs2)n1)C(=O)NCc1ccccc1. The van der Waals surface area contributed by atoms with E-state index in [1.165, 1.54) is 17.4 Å². The quantitative estimate of drug-likeness (QED) is 0.556. The van der Waals surface area contributed by atoms with Crippen LogP contribution in [-0.4, -0.2) is 10.9 Å². The van der Waals surface area contributed by atoms with Crippen molar-refractivity contribution in [2.75, 3.05) is 0 Å². The van der Waals surface area contributed by atoms with Crippen molar-refractivity contribution in [1.82, 2.24) is 10.3 Å². The molecule has 3 aromatic rings. The molecule has 0 saturated carbocycles. The first kappa shape index (κ1) is 16.1. The lowest BCUT2D eigenvalue weighted by atomic mass is 10.2. The van der Waals surface area contributed by atoms with Gasteiger partial charge in [0.1, 0.15) is 16.6 Å². The second-order valence-corrected chi connectivity index (χ2v) is 6.70. The highest BCUT2D eigenvalue weighted by Crippen LogP contribution is 2.28. The van der Waals surface area contributed by atoms with Crippen LogP contribution in [0.4, 0.5) is 0 Å². The molecule has 0 unspecified atom stereocenters. The minimum atomic E-state index is -0.396. The molecule has 0 spiro atoms. The molecule has 0 aliphatic rings. The molecule has 2 heterocycles. The van der Waals surface area contributed by atoms with Crippen LogP contribution >= 0.6 is 22.7 Å². The van der Waals surface area contributed by atoms with E-state index >= 15 is 0 Å². The molecule has 0 aliphatic heterocycles. The fraction of sp³-hybridized carbons (Fsp3) is 0.0556. The highest BCUT2D eigenvalue weighted by molar-refractivity contribution is 7.20. The average molecular weight is 351 g/mol. The Bertz CT molecular complexity index is 890. The molecule has 24 heavy (non-hydrogen) atoms. The summed E-state index contributed by atoms with van der Waals surface area (Å²) in [6.07, 6.45) is 1.52. The smallest absolute Gasteiger partial charge is 0.262 e. The summed E-state index contributed by atoms with van der Waals surface area (Å²) in [5.41, 5.74) is 1.65. The van der Waals surface area contributed by atoms with Gasteiger partial charge in [-0.1, -0.05) is 36.4 Å². The molecule has 0 aliphatic carbocycles. The number of carbonyl (C=O) groups excluding carboxylic acids is 1. The van der Waals surface area contributed by atoms with Gasteiger partial charge in [0.25, 0.3) is 5.91 Å². The Morgan fingerprint density at radius 3 is 2.75 bits per heavy atom. The van der Waals surface area contributed by atoms with Crippen LogP contribution in [0.25, 0.3) is 16.0 Å². The van der Waals surface area contributed by atoms with Crippen molar-refractivity contribution in [2.45, 2.75) is 6.54 Å². The predicted octanol–water partition coefficient (Wildman–Crippen LogP) is 4.09. The molecule has 1 aromatic carbocycles. The summed E-state index contributed by atoms with van der Waals surface area (Å²) in [5, 5.41) is 16.7. The lowest BCUT2D eigenvalue weighted by molar-refractivity contribution is -0.117. The molecular formula is C18H13N3OS2. The number of hydrogen-bond donors (Lipinski definition) is 1. The van der Waals surface area contributed by atoms with Crippen LogP contribution < -0.4 is 5.32 Å². The summed E-state index contributed by atoms with van der Waals surface area (Å²) in [5.74, 6) is -0.396. The van der Waals surface area contributed by atoms with E-state index in [1.54, 1.807) is 11.3 Å². The number of aromatic nitrogens is 1. The Hall–Kier alpha value is -2.75. The Kier molecular flexibility index (Phi) is 5.16. The number of thiazole rings is 1. The molecule has 4 nitrogen and oxygen atoms in total. The average Bonchev–Trinajstić information content (AvgIpc) is 3.29. The monoisotopic (exact) mass is 351 g/mol. The number of benzene rings is 1. The summed E-state index contributed by atoms with van der Waals surface area (Å²) in [4.78, 5) is 17.7. The molecular weight excluding hydrogens is 338 g/mol. The van der Waals surface area contributed by atoms with Gasteiger partial charge in [-0.2, -0.15) is 5.26 Å². The summed E-state index contributed by atoms with van der Waals surface area (Å²) in [7, 11) is 0. The largest absolute Gasteiger partial charge is 0.347 e. The molecule has 118 valence electrons. The summed E-state index contributed by atoms with van der Waals surface area (Å²) in [6.45, 7) is 0.385. The third-order valence-corrected chi connectivity index (χ3v) is 5.11. The minimum Gasteiger partial charge on any atom is -0.347 e. The Morgan fingerprint density at radius 1 is 1.21 bits per heavy atom. The first-order valence-electron chi connectivity index (χ1n) is 7.19. The van der Waals surface area contributed by atoms with E-state index in [0.717, 1.165) is 15.4 Å². The Morgan fingerprint density at radius 2 is 2.04 bits per heavy atom. The number of rotatable bonds is 5. The lowest BCUT2D eigenvalue weighted by Gasteiger charge is -2.03. The normalized spacial score (nSPS) is 11.0. The highest BCUT2D eigenvalue weighted by Gasteiger charge is 2.11. The summed E-state index contributed by atoms with van der Waals surface area (Å²) < 4.78 is 0. The van der Waals surface area contributed by atoms with Crippen molar-refractivity contribution in [1.29, 1.82) is 5.26 Å². The molecule has 3 rings (SSSR count). The Balaban J connectivity index is 1.70. The standard InChI is InChI=1S/C18H13N3OS2/c19-10-14(17(22)20-11-13-5-2-1-3-6-13)9-15-12-24-18(21-15)16-7-4-8-23-16/h1-9,12H,11H2,(H,20,22)/b14-9-. The van der Waals surface area contributed by atoms with Crippen LogP contribution in [0.5, 0.6) is 0 Å². The maximum Gasteiger partial charge on any atom is 0.262 e. The van der Waals surface area contributed by atoms with Crippen molar-refractivity contribution in [3.63, 3.8) is 0 Å². The number of thiophene rings is 1. The number of nitrogens with one attached hydrogen (secondary N) is 1. The maximum atomic E-state index is 12.2. The summed E-state index contributed by atoms with van der Waals surface area (Å²) in [6, 6.07) is 15.5. The van der Waals surface area contributed by atoms with Crippen LogP contribution in [-0.2, 0) is 11.3 Å². The van der Waals surface area contributed by atoms with Gasteiger partial charge >= 0.3 is 0 Å². The van der Waals surface area contributed by atoms with Gasteiger partial charge in [0, 0.05) is 11.9 Å². The van der Waals surface area contributed by atoms with Crippen molar-refractivity contribution in [3.05, 3.63) is 70.1 Å². The minimum absolute atomic E-state index is 0.0500. The van der Waals surface area contributed by atoms with Gasteiger partial charge in [-0.25, -0.2) is 4.98 Å². The number of amides is 1. The Labute approximate surface area is 147 Å². The fourth-order valence-corrected chi connectivity index (χ4v) is 3.63. The van der Waals surface area contributed by atoms with E-state index < -0.39 is 5.91 Å². The maximum absolute atomic E-state index is 12.2. The van der Waals surface area contributed by atoms with E-state index in [9.17, 15) is 10.1 Å². The van der Waals surface area contributed by atoms with Gasteiger partial charge in [0.05, 0.1) is 10.6 Å². The molecule has 0 radical (unpaired) electrons. The van der Waals surface area contributed by atoms with E-state index in [0.29, 0.717) is 12.2 Å². The van der Waals surface area contributed by atoms with Gasteiger partial charge in [-0.05, 0) is 23.1 Å². The van der Waals surface area contributed by atoms with Crippen molar-refractivity contribution < 1.29 is 4.79 Å². The molecule has 6 heteroatoms. The van der Waals surface area contributed by atoms with Crippen LogP contribution in [0, 0.1) is 11.3 Å². The first-order valence-corrected chi connectivity index (χ1v) is 8.95.